The molecule has 0 fully saturated rings. The van der Waals surface area contributed by atoms with E-state index in [1.165, 1.54) is 28.6 Å². The van der Waals surface area contributed by atoms with Crippen molar-refractivity contribution in [3.8, 4) is 17.3 Å². The van der Waals surface area contributed by atoms with Gasteiger partial charge in [0.1, 0.15) is 11.5 Å². The minimum absolute atomic E-state index is 0.0933. The molecule has 1 atom stereocenters. The number of hydrogen-bond acceptors (Lipinski definition) is 5. The van der Waals surface area contributed by atoms with Crippen LogP contribution in [0.3, 0.4) is 0 Å². The zero-order valence-corrected chi connectivity index (χ0v) is 15.7. The highest BCUT2D eigenvalue weighted by molar-refractivity contribution is 7.98. The predicted octanol–water partition coefficient (Wildman–Crippen LogP) is 4.04. The Labute approximate surface area is 164 Å². The number of benzene rings is 2. The van der Waals surface area contributed by atoms with E-state index in [-0.39, 0.29) is 11.5 Å². The van der Waals surface area contributed by atoms with Crippen molar-refractivity contribution < 1.29 is 14.0 Å². The second-order valence-corrected chi connectivity index (χ2v) is 7.40. The van der Waals surface area contributed by atoms with Crippen LogP contribution in [0, 0.1) is 23.1 Å². The van der Waals surface area contributed by atoms with Gasteiger partial charge in [0.2, 0.25) is 5.78 Å². The van der Waals surface area contributed by atoms with E-state index in [4.69, 9.17) is 0 Å². The van der Waals surface area contributed by atoms with Crippen molar-refractivity contribution in [3.63, 3.8) is 0 Å². The second kappa shape index (κ2) is 7.06. The van der Waals surface area contributed by atoms with Gasteiger partial charge in [0.15, 0.2) is 11.7 Å². The SMILES string of the molecule is Cn1nc(C(=O)C(C#N)C(=O)c2ccccc2)c2c1-c1cc(F)ccc1SC2. The third kappa shape index (κ3) is 2.92. The van der Waals surface area contributed by atoms with E-state index in [2.05, 4.69) is 5.10 Å². The molecule has 0 amide bonds. The van der Waals surface area contributed by atoms with Crippen LogP contribution in [0.5, 0.6) is 0 Å². The third-order valence-corrected chi connectivity index (χ3v) is 5.76. The van der Waals surface area contributed by atoms with Crippen molar-refractivity contribution in [2.24, 2.45) is 13.0 Å². The molecule has 0 radical (unpaired) electrons. The van der Waals surface area contributed by atoms with Crippen LogP contribution in [-0.2, 0) is 12.8 Å². The molecule has 1 unspecified atom stereocenters. The first-order valence-electron chi connectivity index (χ1n) is 8.53. The Hall–Kier alpha value is -3.24. The number of ketones is 2. The number of nitrogens with zero attached hydrogens (tertiary/aromatic N) is 3. The molecular weight excluding hydrogens is 377 g/mol. The Morgan fingerprint density at radius 2 is 1.96 bits per heavy atom. The topological polar surface area (TPSA) is 75.8 Å². The predicted molar refractivity (Wildman–Crippen MR) is 102 cm³/mol. The molecule has 0 saturated carbocycles. The van der Waals surface area contributed by atoms with Crippen LogP contribution in [0.2, 0.25) is 0 Å². The Kier molecular flexibility index (Phi) is 4.57. The summed E-state index contributed by atoms with van der Waals surface area (Å²) >= 11 is 1.47. The Morgan fingerprint density at radius 1 is 1.21 bits per heavy atom. The molecular formula is C21H14FN3O2S. The summed E-state index contributed by atoms with van der Waals surface area (Å²) in [5, 5.41) is 13.8. The second-order valence-electron chi connectivity index (χ2n) is 6.39. The molecule has 1 aliphatic rings. The van der Waals surface area contributed by atoms with Gasteiger partial charge < -0.3 is 0 Å². The molecule has 1 aromatic heterocycles. The van der Waals surface area contributed by atoms with Gasteiger partial charge in [-0.05, 0) is 18.2 Å². The summed E-state index contributed by atoms with van der Waals surface area (Å²) in [6, 6.07) is 14.6. The van der Waals surface area contributed by atoms with Crippen molar-refractivity contribution >= 4 is 23.3 Å². The molecule has 4 rings (SSSR count). The standard InChI is InChI=1S/C21H14FN3O2S/c1-25-19-14-9-13(22)7-8-17(14)28-11-16(19)18(24-25)21(27)15(10-23)20(26)12-5-3-2-4-6-12/h2-9,15H,11H2,1H3. The number of nitriles is 1. The summed E-state index contributed by atoms with van der Waals surface area (Å²) in [4.78, 5) is 26.6. The lowest BCUT2D eigenvalue weighted by atomic mass is 9.91. The van der Waals surface area contributed by atoms with Gasteiger partial charge in [-0.1, -0.05) is 30.3 Å². The van der Waals surface area contributed by atoms with Gasteiger partial charge in [-0.2, -0.15) is 10.4 Å². The van der Waals surface area contributed by atoms with E-state index in [1.54, 1.807) is 43.4 Å². The van der Waals surface area contributed by atoms with Crippen LogP contribution < -0.4 is 0 Å². The molecule has 0 aliphatic carbocycles. The van der Waals surface area contributed by atoms with E-state index in [1.807, 2.05) is 6.07 Å². The van der Waals surface area contributed by atoms with Crippen LogP contribution in [0.25, 0.3) is 11.3 Å². The summed E-state index contributed by atoms with van der Waals surface area (Å²) in [5.41, 5.74) is 2.31. The lowest BCUT2D eigenvalue weighted by Gasteiger charge is -2.17. The lowest BCUT2D eigenvalue weighted by molar-refractivity contribution is 0.0842. The van der Waals surface area contributed by atoms with E-state index >= 15 is 0 Å². The number of hydrogen-bond donors (Lipinski definition) is 0. The number of rotatable bonds is 4. The van der Waals surface area contributed by atoms with Crippen molar-refractivity contribution in [1.82, 2.24) is 9.78 Å². The molecule has 28 heavy (non-hydrogen) atoms. The average molecular weight is 391 g/mol. The van der Waals surface area contributed by atoms with Gasteiger partial charge in [0, 0.05) is 34.4 Å². The third-order valence-electron chi connectivity index (χ3n) is 4.66. The summed E-state index contributed by atoms with van der Waals surface area (Å²) < 4.78 is 15.3. The van der Waals surface area contributed by atoms with Crippen LogP contribution in [0.1, 0.15) is 26.4 Å². The maximum atomic E-state index is 13.8. The molecule has 0 saturated heterocycles. The number of carbonyl (C=O) groups is 2. The molecule has 2 heterocycles. The molecule has 138 valence electrons. The molecule has 3 aromatic rings. The maximum absolute atomic E-state index is 13.8. The van der Waals surface area contributed by atoms with Crippen molar-refractivity contribution in [1.29, 1.82) is 5.26 Å². The van der Waals surface area contributed by atoms with E-state index < -0.39 is 17.5 Å². The molecule has 2 aromatic carbocycles. The van der Waals surface area contributed by atoms with Gasteiger partial charge in [0.25, 0.3) is 0 Å². The summed E-state index contributed by atoms with van der Waals surface area (Å²) in [7, 11) is 1.67. The number of carbonyl (C=O) groups excluding carboxylic acids is 2. The smallest absolute Gasteiger partial charge is 0.208 e. The Balaban J connectivity index is 1.77. The molecule has 0 bridgehead atoms. The monoisotopic (exact) mass is 391 g/mol. The van der Waals surface area contributed by atoms with Crippen LogP contribution in [0.4, 0.5) is 4.39 Å². The average Bonchev–Trinajstić information content (AvgIpc) is 3.06. The number of aromatic nitrogens is 2. The number of halogens is 1. The Bertz CT molecular complexity index is 1150. The van der Waals surface area contributed by atoms with Crippen molar-refractivity contribution in [3.05, 3.63) is 71.2 Å². The highest BCUT2D eigenvalue weighted by atomic mass is 32.2. The minimum Gasteiger partial charge on any atom is -0.292 e. The summed E-state index contributed by atoms with van der Waals surface area (Å²) in [6.07, 6.45) is 0. The van der Waals surface area contributed by atoms with E-state index in [0.29, 0.717) is 28.1 Å². The fourth-order valence-electron chi connectivity index (χ4n) is 3.34. The molecule has 0 spiro atoms. The van der Waals surface area contributed by atoms with E-state index in [0.717, 1.165) is 4.90 Å². The number of thioether (sulfide) groups is 1. The maximum Gasteiger partial charge on any atom is 0.208 e. The van der Waals surface area contributed by atoms with Crippen LogP contribution in [-0.4, -0.2) is 21.3 Å². The molecule has 5 nitrogen and oxygen atoms in total. The van der Waals surface area contributed by atoms with Gasteiger partial charge >= 0.3 is 0 Å². The first-order valence-corrected chi connectivity index (χ1v) is 9.51. The Morgan fingerprint density at radius 3 is 2.68 bits per heavy atom. The number of Topliss-reactive ketones (excluding diaryl/α,β-unsaturated/α-hetero) is 2. The number of aryl methyl sites for hydroxylation is 1. The first kappa shape index (κ1) is 18.1. The van der Waals surface area contributed by atoms with E-state index in [9.17, 15) is 19.2 Å². The fraction of sp³-hybridized carbons (Fsp3) is 0.143. The quantitative estimate of drug-likeness (QED) is 0.496. The van der Waals surface area contributed by atoms with Crippen LogP contribution in [0.15, 0.2) is 53.4 Å². The summed E-state index contributed by atoms with van der Waals surface area (Å²) in [6.45, 7) is 0. The van der Waals surface area contributed by atoms with Gasteiger partial charge in [-0.3, -0.25) is 14.3 Å². The van der Waals surface area contributed by atoms with Crippen molar-refractivity contribution in [2.45, 2.75) is 10.6 Å². The lowest BCUT2D eigenvalue weighted by Crippen LogP contribution is -2.24. The molecule has 0 N–H and O–H groups in total. The minimum atomic E-state index is -1.47. The largest absolute Gasteiger partial charge is 0.292 e. The first-order chi connectivity index (χ1) is 13.5. The zero-order valence-electron chi connectivity index (χ0n) is 14.8. The van der Waals surface area contributed by atoms with Crippen molar-refractivity contribution in [2.75, 3.05) is 0 Å². The summed E-state index contributed by atoms with van der Waals surface area (Å²) in [5.74, 6) is -2.58. The fourth-order valence-corrected chi connectivity index (χ4v) is 4.39. The highest BCUT2D eigenvalue weighted by Crippen LogP contribution is 2.43. The van der Waals surface area contributed by atoms with Gasteiger partial charge in [-0.15, -0.1) is 11.8 Å². The van der Waals surface area contributed by atoms with Gasteiger partial charge in [-0.25, -0.2) is 4.39 Å². The molecule has 7 heteroatoms. The normalized spacial score (nSPS) is 13.2. The van der Waals surface area contributed by atoms with Gasteiger partial charge in [0.05, 0.1) is 11.8 Å². The van der Waals surface area contributed by atoms with Crippen LogP contribution >= 0.6 is 11.8 Å². The molecule has 1 aliphatic heterocycles. The number of fused-ring (bicyclic) bond motifs is 3. The zero-order chi connectivity index (χ0) is 19.8. The highest BCUT2D eigenvalue weighted by Gasteiger charge is 2.35.